The van der Waals surface area contributed by atoms with E-state index >= 15 is 0 Å². The minimum Gasteiger partial charge on any atom is -0.370 e. The standard InChI is InChI=1S/C17H19Cl2N3O/c1-11(2)6-8-20-15-10-12(7-9-21-15)17(23)22-14-5-3-4-13(18)16(14)19/h3-5,7,9-11H,6,8H2,1-2H3,(H,20,21)(H,22,23). The Kier molecular flexibility index (Phi) is 6.25. The van der Waals surface area contributed by atoms with E-state index in [9.17, 15) is 4.79 Å². The molecule has 2 aromatic rings. The minimum atomic E-state index is -0.261. The van der Waals surface area contributed by atoms with Crippen LogP contribution in [-0.2, 0) is 0 Å². The number of nitrogens with one attached hydrogen (secondary N) is 2. The molecule has 0 saturated carbocycles. The molecule has 0 saturated heterocycles. The second-order valence-corrected chi connectivity index (χ2v) is 6.38. The molecule has 0 unspecified atom stereocenters. The number of nitrogens with zero attached hydrogens (tertiary/aromatic N) is 1. The van der Waals surface area contributed by atoms with Crippen molar-refractivity contribution in [3.05, 3.63) is 52.1 Å². The van der Waals surface area contributed by atoms with Crippen molar-refractivity contribution in [3.8, 4) is 0 Å². The predicted octanol–water partition coefficient (Wildman–Crippen LogP) is 5.10. The summed E-state index contributed by atoms with van der Waals surface area (Å²) < 4.78 is 0. The Morgan fingerprint density at radius 2 is 2.04 bits per heavy atom. The Balaban J connectivity index is 2.06. The second kappa shape index (κ2) is 8.18. The van der Waals surface area contributed by atoms with E-state index in [0.29, 0.717) is 33.0 Å². The molecule has 0 radical (unpaired) electrons. The molecule has 0 aliphatic rings. The molecule has 1 heterocycles. The minimum absolute atomic E-state index is 0.261. The second-order valence-electron chi connectivity index (χ2n) is 5.59. The van der Waals surface area contributed by atoms with Crippen molar-refractivity contribution in [3.63, 3.8) is 0 Å². The molecule has 0 atom stereocenters. The topological polar surface area (TPSA) is 54.0 Å². The molecular weight excluding hydrogens is 333 g/mol. The highest BCUT2D eigenvalue weighted by molar-refractivity contribution is 6.44. The monoisotopic (exact) mass is 351 g/mol. The van der Waals surface area contributed by atoms with E-state index in [0.717, 1.165) is 13.0 Å². The van der Waals surface area contributed by atoms with Gasteiger partial charge in [0.1, 0.15) is 5.82 Å². The summed E-state index contributed by atoms with van der Waals surface area (Å²) in [6.45, 7) is 5.14. The molecule has 0 bridgehead atoms. The summed E-state index contributed by atoms with van der Waals surface area (Å²) in [5, 5.41) is 6.70. The first-order chi connectivity index (χ1) is 11.0. The summed E-state index contributed by atoms with van der Waals surface area (Å²) in [6, 6.07) is 8.47. The van der Waals surface area contributed by atoms with Crippen molar-refractivity contribution in [2.24, 2.45) is 5.92 Å². The summed E-state index contributed by atoms with van der Waals surface area (Å²) in [7, 11) is 0. The van der Waals surface area contributed by atoms with Crippen LogP contribution in [0.4, 0.5) is 11.5 Å². The maximum absolute atomic E-state index is 12.3. The maximum atomic E-state index is 12.3. The number of carbonyl (C=O) groups excluding carboxylic acids is 1. The number of halogens is 2. The van der Waals surface area contributed by atoms with Gasteiger partial charge in [0.2, 0.25) is 0 Å². The molecule has 4 nitrogen and oxygen atoms in total. The van der Waals surface area contributed by atoms with E-state index in [4.69, 9.17) is 23.2 Å². The highest BCUT2D eigenvalue weighted by Crippen LogP contribution is 2.29. The summed E-state index contributed by atoms with van der Waals surface area (Å²) in [5.41, 5.74) is 0.985. The van der Waals surface area contributed by atoms with Crippen LogP contribution in [0.25, 0.3) is 0 Å². The maximum Gasteiger partial charge on any atom is 0.255 e. The number of hydrogen-bond acceptors (Lipinski definition) is 3. The van der Waals surface area contributed by atoms with Crippen LogP contribution in [0.15, 0.2) is 36.5 Å². The fraction of sp³-hybridized carbons (Fsp3) is 0.294. The van der Waals surface area contributed by atoms with Gasteiger partial charge in [0, 0.05) is 18.3 Å². The molecule has 23 heavy (non-hydrogen) atoms. The molecule has 2 N–H and O–H groups in total. The number of benzene rings is 1. The van der Waals surface area contributed by atoms with Gasteiger partial charge in [-0.1, -0.05) is 43.1 Å². The van der Waals surface area contributed by atoms with Crippen LogP contribution in [0.1, 0.15) is 30.6 Å². The molecule has 6 heteroatoms. The first-order valence-electron chi connectivity index (χ1n) is 7.42. The van der Waals surface area contributed by atoms with Crippen LogP contribution in [0.5, 0.6) is 0 Å². The lowest BCUT2D eigenvalue weighted by molar-refractivity contribution is 0.102. The molecule has 0 fully saturated rings. The first kappa shape index (κ1) is 17.6. The van der Waals surface area contributed by atoms with Gasteiger partial charge in [-0.15, -0.1) is 0 Å². The molecular formula is C17H19Cl2N3O. The third kappa shape index (κ3) is 5.12. The Morgan fingerprint density at radius 1 is 1.26 bits per heavy atom. The fourth-order valence-electron chi connectivity index (χ4n) is 1.95. The van der Waals surface area contributed by atoms with Gasteiger partial charge in [-0.05, 0) is 36.6 Å². The lowest BCUT2D eigenvalue weighted by Gasteiger charge is -2.10. The average Bonchev–Trinajstić information content (AvgIpc) is 2.52. The average molecular weight is 352 g/mol. The molecule has 0 aliphatic carbocycles. The number of hydrogen-bond donors (Lipinski definition) is 2. The predicted molar refractivity (Wildman–Crippen MR) is 96.6 cm³/mol. The van der Waals surface area contributed by atoms with Gasteiger partial charge in [-0.25, -0.2) is 4.98 Å². The van der Waals surface area contributed by atoms with E-state index < -0.39 is 0 Å². The van der Waals surface area contributed by atoms with E-state index in [1.54, 1.807) is 36.5 Å². The molecule has 0 spiro atoms. The summed E-state index contributed by atoms with van der Waals surface area (Å²) in [4.78, 5) is 16.6. The highest BCUT2D eigenvalue weighted by atomic mass is 35.5. The van der Waals surface area contributed by atoms with Crippen molar-refractivity contribution in [1.82, 2.24) is 4.98 Å². The molecule has 1 amide bonds. The van der Waals surface area contributed by atoms with Crippen molar-refractivity contribution in [2.45, 2.75) is 20.3 Å². The normalized spacial score (nSPS) is 10.7. The molecule has 1 aromatic carbocycles. The Labute approximate surface area is 146 Å². The molecule has 1 aromatic heterocycles. The van der Waals surface area contributed by atoms with Gasteiger partial charge in [-0.2, -0.15) is 0 Å². The third-order valence-corrected chi connectivity index (χ3v) is 4.07. The first-order valence-corrected chi connectivity index (χ1v) is 8.18. The van der Waals surface area contributed by atoms with E-state index in [1.165, 1.54) is 0 Å². The zero-order chi connectivity index (χ0) is 16.8. The number of pyridine rings is 1. The Hall–Kier alpha value is -1.78. The number of anilines is 2. The van der Waals surface area contributed by atoms with E-state index in [2.05, 4.69) is 29.5 Å². The summed E-state index contributed by atoms with van der Waals surface area (Å²) in [5.74, 6) is 1.03. The molecule has 122 valence electrons. The van der Waals surface area contributed by atoms with Gasteiger partial charge in [0.15, 0.2) is 0 Å². The van der Waals surface area contributed by atoms with Crippen molar-refractivity contribution in [1.29, 1.82) is 0 Å². The quantitative estimate of drug-likeness (QED) is 0.761. The van der Waals surface area contributed by atoms with Gasteiger partial charge in [-0.3, -0.25) is 4.79 Å². The zero-order valence-electron chi connectivity index (χ0n) is 13.1. The van der Waals surface area contributed by atoms with Crippen LogP contribution in [0, 0.1) is 5.92 Å². The molecule has 0 aliphatic heterocycles. The van der Waals surface area contributed by atoms with E-state index in [1.807, 2.05) is 0 Å². The number of amides is 1. The SMILES string of the molecule is CC(C)CCNc1cc(C(=O)Nc2cccc(Cl)c2Cl)ccn1. The van der Waals surface area contributed by atoms with Gasteiger partial charge >= 0.3 is 0 Å². The van der Waals surface area contributed by atoms with Gasteiger partial charge < -0.3 is 10.6 Å². The lowest BCUT2D eigenvalue weighted by atomic mass is 10.1. The van der Waals surface area contributed by atoms with E-state index in [-0.39, 0.29) is 5.91 Å². The van der Waals surface area contributed by atoms with Crippen LogP contribution >= 0.6 is 23.2 Å². The summed E-state index contributed by atoms with van der Waals surface area (Å²) >= 11 is 12.0. The lowest BCUT2D eigenvalue weighted by Crippen LogP contribution is -2.13. The largest absolute Gasteiger partial charge is 0.370 e. The van der Waals surface area contributed by atoms with Crippen LogP contribution in [0.2, 0.25) is 10.0 Å². The van der Waals surface area contributed by atoms with Crippen molar-refractivity contribution in [2.75, 3.05) is 17.2 Å². The third-order valence-electron chi connectivity index (χ3n) is 3.25. The zero-order valence-corrected chi connectivity index (χ0v) is 14.6. The highest BCUT2D eigenvalue weighted by Gasteiger charge is 2.11. The Bertz CT molecular complexity index is 689. The molecule has 2 rings (SSSR count). The van der Waals surface area contributed by atoms with Crippen LogP contribution < -0.4 is 10.6 Å². The van der Waals surface area contributed by atoms with Crippen molar-refractivity contribution >= 4 is 40.6 Å². The van der Waals surface area contributed by atoms with Crippen LogP contribution in [-0.4, -0.2) is 17.4 Å². The smallest absolute Gasteiger partial charge is 0.255 e. The number of rotatable bonds is 6. The fourth-order valence-corrected chi connectivity index (χ4v) is 2.30. The number of carbonyl (C=O) groups is 1. The van der Waals surface area contributed by atoms with Crippen molar-refractivity contribution < 1.29 is 4.79 Å². The van der Waals surface area contributed by atoms with Gasteiger partial charge in [0.25, 0.3) is 5.91 Å². The Morgan fingerprint density at radius 3 is 2.78 bits per heavy atom. The van der Waals surface area contributed by atoms with Crippen LogP contribution in [0.3, 0.4) is 0 Å². The number of aromatic nitrogens is 1. The summed E-state index contributed by atoms with van der Waals surface area (Å²) in [6.07, 6.45) is 2.64. The van der Waals surface area contributed by atoms with Gasteiger partial charge in [0.05, 0.1) is 15.7 Å².